The number of aliphatic imine (C=N–C) groups is 1. The highest BCUT2D eigenvalue weighted by atomic mass is 79.9. The Labute approximate surface area is 57.9 Å². The molecule has 0 heterocycles. The van der Waals surface area contributed by atoms with E-state index in [1.807, 2.05) is 6.92 Å². The zero-order chi connectivity index (χ0) is 6.57. The topological polar surface area (TPSA) is 12.4 Å². The third-order valence-electron chi connectivity index (χ3n) is 0.678. The van der Waals surface area contributed by atoms with Crippen molar-refractivity contribution in [1.29, 1.82) is 0 Å². The number of hydrogen-bond acceptors (Lipinski definition) is 1. The lowest BCUT2D eigenvalue weighted by Crippen LogP contribution is -1.85. The highest BCUT2D eigenvalue weighted by Crippen LogP contribution is 2.02. The Morgan fingerprint density at radius 2 is 2.25 bits per heavy atom. The molecular formula is C6H8BrN. The zero-order valence-electron chi connectivity index (χ0n) is 4.82. The van der Waals surface area contributed by atoms with Crippen LogP contribution >= 0.6 is 15.9 Å². The van der Waals surface area contributed by atoms with Crippen LogP contribution in [0.15, 0.2) is 28.8 Å². The third kappa shape index (κ3) is 2.75. The minimum Gasteiger partial charge on any atom is -0.261 e. The van der Waals surface area contributed by atoms with E-state index in [2.05, 4.69) is 34.1 Å². The van der Waals surface area contributed by atoms with E-state index in [0.29, 0.717) is 0 Å². The molecular weight excluding hydrogens is 166 g/mol. The molecule has 8 heavy (non-hydrogen) atoms. The second kappa shape index (κ2) is 3.61. The lowest BCUT2D eigenvalue weighted by Gasteiger charge is -1.89. The van der Waals surface area contributed by atoms with Gasteiger partial charge in [0, 0.05) is 10.7 Å². The molecule has 0 aliphatic rings. The molecule has 0 amide bonds. The molecule has 1 nitrogen and oxygen atoms in total. The highest BCUT2D eigenvalue weighted by Gasteiger charge is 1.87. The second-order valence-electron chi connectivity index (χ2n) is 1.30. The van der Waals surface area contributed by atoms with Crippen molar-refractivity contribution in [2.45, 2.75) is 6.92 Å². The molecule has 0 saturated carbocycles. The second-order valence-corrected chi connectivity index (χ2v) is 2.26. The van der Waals surface area contributed by atoms with E-state index in [1.165, 1.54) is 6.20 Å². The van der Waals surface area contributed by atoms with E-state index in [0.717, 1.165) is 10.2 Å². The standard InChI is InChI=1S/C6H8BrN/c1-4-8-6(3)5(2)7/h4H,1-2H2,3H3. The molecule has 0 atom stereocenters. The van der Waals surface area contributed by atoms with Crippen molar-refractivity contribution in [3.05, 3.63) is 23.8 Å². The van der Waals surface area contributed by atoms with E-state index in [-0.39, 0.29) is 0 Å². The van der Waals surface area contributed by atoms with Crippen molar-refractivity contribution in [2.75, 3.05) is 0 Å². The Balaban J connectivity index is 3.99. The first-order valence-electron chi connectivity index (χ1n) is 2.18. The lowest BCUT2D eigenvalue weighted by atomic mass is 10.4. The molecule has 2 heteroatoms. The third-order valence-corrected chi connectivity index (χ3v) is 1.25. The van der Waals surface area contributed by atoms with E-state index >= 15 is 0 Å². The maximum Gasteiger partial charge on any atom is 0.0508 e. The van der Waals surface area contributed by atoms with Crippen molar-refractivity contribution in [2.24, 2.45) is 4.99 Å². The predicted molar refractivity (Wildman–Crippen MR) is 41.4 cm³/mol. The Morgan fingerprint density at radius 1 is 1.75 bits per heavy atom. The summed E-state index contributed by atoms with van der Waals surface area (Å²) in [6, 6.07) is 0. The van der Waals surface area contributed by atoms with Gasteiger partial charge >= 0.3 is 0 Å². The van der Waals surface area contributed by atoms with Crippen LogP contribution in [0.2, 0.25) is 0 Å². The normalized spacial score (nSPS) is 11.0. The number of halogens is 1. The van der Waals surface area contributed by atoms with Gasteiger partial charge in [-0.25, -0.2) is 0 Å². The van der Waals surface area contributed by atoms with Crippen molar-refractivity contribution in [3.8, 4) is 0 Å². The summed E-state index contributed by atoms with van der Waals surface area (Å²) in [5.41, 5.74) is 0.861. The first-order valence-corrected chi connectivity index (χ1v) is 2.98. The van der Waals surface area contributed by atoms with Crippen LogP contribution in [0.4, 0.5) is 0 Å². The number of hydrogen-bond donors (Lipinski definition) is 0. The molecule has 0 radical (unpaired) electrons. The molecule has 0 rings (SSSR count). The van der Waals surface area contributed by atoms with E-state index in [9.17, 15) is 0 Å². The summed E-state index contributed by atoms with van der Waals surface area (Å²) in [7, 11) is 0. The molecule has 0 N–H and O–H groups in total. The Hall–Kier alpha value is -0.370. The fourth-order valence-electron chi connectivity index (χ4n) is 0.207. The summed E-state index contributed by atoms with van der Waals surface area (Å²) in [6.45, 7) is 8.91. The van der Waals surface area contributed by atoms with Crippen LogP contribution < -0.4 is 0 Å². The van der Waals surface area contributed by atoms with Gasteiger partial charge in [0.2, 0.25) is 0 Å². The Kier molecular flexibility index (Phi) is 3.44. The fraction of sp³-hybridized carbons (Fsp3) is 0.167. The molecule has 0 fully saturated rings. The smallest absolute Gasteiger partial charge is 0.0508 e. The maximum atomic E-state index is 3.86. The molecule has 0 aliphatic heterocycles. The molecule has 44 valence electrons. The summed E-state index contributed by atoms with van der Waals surface area (Å²) in [6.07, 6.45) is 1.49. The monoisotopic (exact) mass is 173 g/mol. The molecule has 0 aromatic rings. The van der Waals surface area contributed by atoms with E-state index < -0.39 is 0 Å². The molecule has 0 aromatic heterocycles. The minimum absolute atomic E-state index is 0.803. The van der Waals surface area contributed by atoms with Crippen LogP contribution in [-0.2, 0) is 0 Å². The minimum atomic E-state index is 0.803. The summed E-state index contributed by atoms with van der Waals surface area (Å²) in [5.74, 6) is 0. The predicted octanol–water partition coefficient (Wildman–Crippen LogP) is 2.50. The lowest BCUT2D eigenvalue weighted by molar-refractivity contribution is 1.56. The molecule has 0 unspecified atom stereocenters. The van der Waals surface area contributed by atoms with Crippen molar-refractivity contribution in [3.63, 3.8) is 0 Å². The molecule has 0 aliphatic carbocycles. The first-order chi connectivity index (χ1) is 3.68. The van der Waals surface area contributed by atoms with Crippen LogP contribution in [0.5, 0.6) is 0 Å². The van der Waals surface area contributed by atoms with Gasteiger partial charge in [-0.2, -0.15) is 0 Å². The Morgan fingerprint density at radius 3 is 2.38 bits per heavy atom. The maximum absolute atomic E-state index is 3.86. The van der Waals surface area contributed by atoms with Gasteiger partial charge in [0.1, 0.15) is 0 Å². The van der Waals surface area contributed by atoms with Crippen molar-refractivity contribution in [1.82, 2.24) is 0 Å². The number of nitrogens with zero attached hydrogens (tertiary/aromatic N) is 1. The zero-order valence-corrected chi connectivity index (χ0v) is 6.40. The van der Waals surface area contributed by atoms with Gasteiger partial charge in [-0.3, -0.25) is 4.99 Å². The highest BCUT2D eigenvalue weighted by molar-refractivity contribution is 9.12. The van der Waals surface area contributed by atoms with Crippen LogP contribution in [0.25, 0.3) is 0 Å². The van der Waals surface area contributed by atoms with Gasteiger partial charge in [0.25, 0.3) is 0 Å². The van der Waals surface area contributed by atoms with Gasteiger partial charge in [0.05, 0.1) is 5.71 Å². The number of allylic oxidation sites excluding steroid dienone is 1. The van der Waals surface area contributed by atoms with Crippen LogP contribution in [0.1, 0.15) is 6.92 Å². The summed E-state index contributed by atoms with van der Waals surface area (Å²) in [5, 5.41) is 0. The summed E-state index contributed by atoms with van der Waals surface area (Å²) in [4.78, 5) is 3.86. The van der Waals surface area contributed by atoms with Crippen LogP contribution in [0.3, 0.4) is 0 Å². The average Bonchev–Trinajstić information content (AvgIpc) is 1.67. The van der Waals surface area contributed by atoms with Crippen LogP contribution in [0, 0.1) is 0 Å². The van der Waals surface area contributed by atoms with Crippen molar-refractivity contribution >= 4 is 21.6 Å². The first kappa shape index (κ1) is 7.63. The average molecular weight is 174 g/mol. The largest absolute Gasteiger partial charge is 0.261 e. The van der Waals surface area contributed by atoms with Gasteiger partial charge in [0.15, 0.2) is 0 Å². The molecule has 0 bridgehead atoms. The quantitative estimate of drug-likeness (QED) is 0.570. The SMILES string of the molecule is C=CN=C(C)C(=C)Br. The van der Waals surface area contributed by atoms with E-state index in [1.54, 1.807) is 0 Å². The molecule has 0 spiro atoms. The Bertz CT molecular complexity index is 135. The van der Waals surface area contributed by atoms with Gasteiger partial charge < -0.3 is 0 Å². The van der Waals surface area contributed by atoms with Gasteiger partial charge in [-0.05, 0) is 22.9 Å². The van der Waals surface area contributed by atoms with Crippen LogP contribution in [-0.4, -0.2) is 5.71 Å². The van der Waals surface area contributed by atoms with Gasteiger partial charge in [-0.1, -0.05) is 13.2 Å². The summed E-state index contributed by atoms with van der Waals surface area (Å²) >= 11 is 3.17. The molecule has 0 aromatic carbocycles. The number of rotatable bonds is 2. The van der Waals surface area contributed by atoms with E-state index in [4.69, 9.17) is 0 Å². The van der Waals surface area contributed by atoms with Crippen molar-refractivity contribution < 1.29 is 0 Å². The van der Waals surface area contributed by atoms with Gasteiger partial charge in [-0.15, -0.1) is 0 Å². The molecule has 0 saturated heterocycles. The fourth-order valence-corrected chi connectivity index (χ4v) is 0.309. The summed E-state index contributed by atoms with van der Waals surface area (Å²) < 4.78 is 0.803.